The number of hydrogen-bond acceptors (Lipinski definition) is 2. The van der Waals surface area contributed by atoms with Crippen molar-refractivity contribution < 1.29 is 5.21 Å². The Morgan fingerprint density at radius 1 is 1.43 bits per heavy atom. The molecule has 0 saturated heterocycles. The molecule has 1 atom stereocenters. The van der Waals surface area contributed by atoms with Gasteiger partial charge in [-0.25, -0.2) is 0 Å². The maximum Gasteiger partial charge on any atom is 0.0660 e. The van der Waals surface area contributed by atoms with Crippen molar-refractivity contribution in [3.05, 3.63) is 12.7 Å². The molecule has 0 amide bonds. The molecule has 0 aliphatic heterocycles. The van der Waals surface area contributed by atoms with E-state index in [2.05, 4.69) is 46.4 Å². The van der Waals surface area contributed by atoms with E-state index >= 15 is 0 Å². The molecule has 0 fully saturated rings. The predicted octanol–water partition coefficient (Wildman–Crippen LogP) is 3.71. The fourth-order valence-corrected chi connectivity index (χ4v) is 1.52. The Morgan fingerprint density at radius 2 is 1.93 bits per heavy atom. The normalized spacial score (nSPS) is 15.7. The molecule has 0 heterocycles. The van der Waals surface area contributed by atoms with Crippen LogP contribution in [-0.2, 0) is 0 Å². The van der Waals surface area contributed by atoms with Crippen LogP contribution < -0.4 is 0 Å². The third kappa shape index (κ3) is 2.86. The number of nitrogens with zero attached hydrogens (tertiary/aromatic N) is 1. The smallest absolute Gasteiger partial charge is 0.0660 e. The van der Waals surface area contributed by atoms with E-state index in [1.807, 2.05) is 6.08 Å². The second-order valence-electron chi connectivity index (χ2n) is 4.79. The highest BCUT2D eigenvalue weighted by Crippen LogP contribution is 2.32. The average molecular weight is 197 g/mol. The summed E-state index contributed by atoms with van der Waals surface area (Å²) in [6, 6.07) is 0. The summed E-state index contributed by atoms with van der Waals surface area (Å²) in [7, 11) is 0. The van der Waals surface area contributed by atoms with Gasteiger partial charge in [-0.1, -0.05) is 45.9 Å². The second-order valence-corrected chi connectivity index (χ2v) is 4.79. The lowest BCUT2D eigenvalue weighted by atomic mass is 9.72. The van der Waals surface area contributed by atoms with Crippen molar-refractivity contribution in [1.82, 2.24) is 0 Å². The second kappa shape index (κ2) is 5.18. The van der Waals surface area contributed by atoms with E-state index in [4.69, 9.17) is 5.21 Å². The number of allylic oxidation sites excluding steroid dienone is 1. The summed E-state index contributed by atoms with van der Waals surface area (Å²) in [6.45, 7) is 14.3. The van der Waals surface area contributed by atoms with Crippen molar-refractivity contribution in [3.8, 4) is 0 Å². The molecule has 0 aromatic heterocycles. The summed E-state index contributed by atoms with van der Waals surface area (Å²) in [6.07, 6.45) is 2.72. The summed E-state index contributed by atoms with van der Waals surface area (Å²) in [4.78, 5) is 0. The molecule has 0 aliphatic rings. The molecule has 2 nitrogen and oxygen atoms in total. The van der Waals surface area contributed by atoms with E-state index in [1.54, 1.807) is 0 Å². The van der Waals surface area contributed by atoms with Crippen molar-refractivity contribution in [2.45, 2.75) is 41.0 Å². The molecule has 0 saturated carbocycles. The first-order valence-corrected chi connectivity index (χ1v) is 5.21. The molecule has 0 radical (unpaired) electrons. The molecular weight excluding hydrogens is 174 g/mol. The number of hydrogen-bond donors (Lipinski definition) is 1. The molecule has 0 rings (SSSR count). The highest BCUT2D eigenvalue weighted by atomic mass is 16.4. The third-order valence-electron chi connectivity index (χ3n) is 3.20. The summed E-state index contributed by atoms with van der Waals surface area (Å²) in [5.41, 5.74) is 0.810. The highest BCUT2D eigenvalue weighted by Gasteiger charge is 2.32. The maximum absolute atomic E-state index is 9.06. The molecule has 0 aromatic carbocycles. The van der Waals surface area contributed by atoms with Crippen molar-refractivity contribution in [1.29, 1.82) is 0 Å². The summed E-state index contributed by atoms with van der Waals surface area (Å²) >= 11 is 0. The summed E-state index contributed by atoms with van der Waals surface area (Å²) in [5.74, 6) is 0.718. The summed E-state index contributed by atoms with van der Waals surface area (Å²) in [5, 5.41) is 12.5. The molecule has 0 aromatic rings. The third-order valence-corrected chi connectivity index (χ3v) is 3.20. The number of oxime groups is 1. The van der Waals surface area contributed by atoms with Gasteiger partial charge in [-0.2, -0.15) is 0 Å². The minimum Gasteiger partial charge on any atom is -0.411 e. The van der Waals surface area contributed by atoms with Gasteiger partial charge in [-0.15, -0.1) is 6.58 Å². The van der Waals surface area contributed by atoms with Crippen molar-refractivity contribution >= 4 is 5.71 Å². The standard InChI is InChI=1S/C12H23NO/c1-7-8-10(4)11(13-14)12(5,6)9(2)3/h7,9-10,14H,1,8H2,2-6H3. The Labute approximate surface area is 87.7 Å². The highest BCUT2D eigenvalue weighted by molar-refractivity contribution is 5.91. The van der Waals surface area contributed by atoms with Gasteiger partial charge in [0, 0.05) is 11.3 Å². The van der Waals surface area contributed by atoms with Gasteiger partial charge in [0.1, 0.15) is 0 Å². The first kappa shape index (κ1) is 13.2. The van der Waals surface area contributed by atoms with Gasteiger partial charge in [0.15, 0.2) is 0 Å². The quantitative estimate of drug-likeness (QED) is 0.310. The van der Waals surface area contributed by atoms with Crippen LogP contribution in [0.1, 0.15) is 41.0 Å². The first-order valence-electron chi connectivity index (χ1n) is 5.21. The van der Waals surface area contributed by atoms with Crippen LogP contribution in [0.15, 0.2) is 17.8 Å². The van der Waals surface area contributed by atoms with Crippen molar-refractivity contribution in [3.63, 3.8) is 0 Å². The minimum atomic E-state index is -0.0584. The molecule has 82 valence electrons. The topological polar surface area (TPSA) is 32.6 Å². The molecule has 2 heteroatoms. The Hall–Kier alpha value is -0.790. The lowest BCUT2D eigenvalue weighted by Gasteiger charge is -2.32. The molecule has 1 unspecified atom stereocenters. The van der Waals surface area contributed by atoms with Gasteiger partial charge in [-0.3, -0.25) is 0 Å². The zero-order valence-electron chi connectivity index (χ0n) is 10.0. The van der Waals surface area contributed by atoms with Crippen LogP contribution in [0.4, 0.5) is 0 Å². The van der Waals surface area contributed by atoms with Crippen molar-refractivity contribution in [2.75, 3.05) is 0 Å². The van der Waals surface area contributed by atoms with Gasteiger partial charge >= 0.3 is 0 Å². The van der Waals surface area contributed by atoms with E-state index in [1.165, 1.54) is 0 Å². The average Bonchev–Trinajstić information content (AvgIpc) is 2.04. The lowest BCUT2D eigenvalue weighted by molar-refractivity contribution is 0.282. The van der Waals surface area contributed by atoms with E-state index in [-0.39, 0.29) is 11.3 Å². The minimum absolute atomic E-state index is 0.0584. The Balaban J connectivity index is 4.81. The maximum atomic E-state index is 9.06. The first-order chi connectivity index (χ1) is 6.37. The number of rotatable bonds is 5. The zero-order chi connectivity index (χ0) is 11.4. The summed E-state index contributed by atoms with van der Waals surface area (Å²) < 4.78 is 0. The molecule has 0 bridgehead atoms. The Kier molecular flexibility index (Phi) is 4.89. The van der Waals surface area contributed by atoms with Crippen LogP contribution in [-0.4, -0.2) is 10.9 Å². The molecule has 14 heavy (non-hydrogen) atoms. The fourth-order valence-electron chi connectivity index (χ4n) is 1.52. The van der Waals surface area contributed by atoms with Crippen LogP contribution in [0.5, 0.6) is 0 Å². The van der Waals surface area contributed by atoms with Gasteiger partial charge in [0.05, 0.1) is 5.71 Å². The predicted molar refractivity (Wildman–Crippen MR) is 61.8 cm³/mol. The van der Waals surface area contributed by atoms with Crippen LogP contribution in [0.25, 0.3) is 0 Å². The van der Waals surface area contributed by atoms with E-state index < -0.39 is 0 Å². The fraction of sp³-hybridized carbons (Fsp3) is 0.750. The Morgan fingerprint density at radius 3 is 2.21 bits per heavy atom. The van der Waals surface area contributed by atoms with Crippen LogP contribution in [0.3, 0.4) is 0 Å². The van der Waals surface area contributed by atoms with E-state index in [0.29, 0.717) is 5.92 Å². The van der Waals surface area contributed by atoms with Gasteiger partial charge in [0.2, 0.25) is 0 Å². The van der Waals surface area contributed by atoms with Crippen LogP contribution in [0, 0.1) is 17.3 Å². The van der Waals surface area contributed by atoms with E-state index in [9.17, 15) is 0 Å². The van der Waals surface area contributed by atoms with Crippen LogP contribution >= 0.6 is 0 Å². The SMILES string of the molecule is C=CCC(C)C(=NO)C(C)(C)C(C)C. The van der Waals surface area contributed by atoms with Crippen molar-refractivity contribution in [2.24, 2.45) is 22.4 Å². The molecule has 0 spiro atoms. The zero-order valence-corrected chi connectivity index (χ0v) is 10.0. The van der Waals surface area contributed by atoms with Gasteiger partial charge < -0.3 is 5.21 Å². The molecule has 0 aliphatic carbocycles. The van der Waals surface area contributed by atoms with Crippen LogP contribution in [0.2, 0.25) is 0 Å². The van der Waals surface area contributed by atoms with Gasteiger partial charge in [-0.05, 0) is 12.3 Å². The molecule has 1 N–H and O–H groups in total. The van der Waals surface area contributed by atoms with E-state index in [0.717, 1.165) is 12.1 Å². The Bertz CT molecular complexity index is 216. The lowest BCUT2D eigenvalue weighted by Crippen LogP contribution is -2.34. The monoisotopic (exact) mass is 197 g/mol. The largest absolute Gasteiger partial charge is 0.411 e. The molecular formula is C12H23NO. The van der Waals surface area contributed by atoms with Gasteiger partial charge in [0.25, 0.3) is 0 Å².